The molecule has 0 unspecified atom stereocenters. The summed E-state index contributed by atoms with van der Waals surface area (Å²) in [6, 6.07) is 17.3. The van der Waals surface area contributed by atoms with Gasteiger partial charge in [0, 0.05) is 17.7 Å². The molecule has 3 aromatic rings. The second-order valence-corrected chi connectivity index (χ2v) is 6.15. The molecule has 4 rings (SSSR count). The molecule has 0 saturated heterocycles. The van der Waals surface area contributed by atoms with Crippen molar-refractivity contribution in [3.05, 3.63) is 65.2 Å². The molecular weight excluding hydrogens is 282 g/mol. The van der Waals surface area contributed by atoms with E-state index in [9.17, 15) is 0 Å². The number of rotatable bonds is 3. The third kappa shape index (κ3) is 2.42. The highest BCUT2D eigenvalue weighted by atomic mass is 15.3. The Labute approximate surface area is 137 Å². The molecule has 1 aliphatic heterocycles. The molecule has 3 heteroatoms. The van der Waals surface area contributed by atoms with Crippen molar-refractivity contribution in [2.45, 2.75) is 26.7 Å². The van der Waals surface area contributed by atoms with Crippen molar-refractivity contribution in [1.29, 1.82) is 0 Å². The van der Waals surface area contributed by atoms with Crippen LogP contribution >= 0.6 is 0 Å². The molecule has 0 aliphatic carbocycles. The van der Waals surface area contributed by atoms with Crippen molar-refractivity contribution in [2.24, 2.45) is 0 Å². The Morgan fingerprint density at radius 2 is 1.96 bits per heavy atom. The Hall–Kier alpha value is -2.55. The maximum Gasteiger partial charge on any atom is 0.133 e. The van der Waals surface area contributed by atoms with Crippen molar-refractivity contribution in [3.8, 4) is 16.9 Å². The lowest BCUT2D eigenvalue weighted by atomic mass is 10.0. The van der Waals surface area contributed by atoms with Gasteiger partial charge in [0.1, 0.15) is 5.82 Å². The van der Waals surface area contributed by atoms with Crippen LogP contribution in [-0.2, 0) is 12.8 Å². The first-order valence-corrected chi connectivity index (χ1v) is 8.28. The smallest absolute Gasteiger partial charge is 0.133 e. The minimum atomic E-state index is 0.985. The Morgan fingerprint density at radius 1 is 1.13 bits per heavy atom. The quantitative estimate of drug-likeness (QED) is 0.778. The van der Waals surface area contributed by atoms with E-state index < -0.39 is 0 Å². The van der Waals surface area contributed by atoms with Crippen LogP contribution in [0.4, 0.5) is 5.82 Å². The highest BCUT2D eigenvalue weighted by molar-refractivity contribution is 5.73. The molecular formula is C20H21N3. The van der Waals surface area contributed by atoms with E-state index in [-0.39, 0.29) is 0 Å². The zero-order chi connectivity index (χ0) is 15.8. The zero-order valence-electron chi connectivity index (χ0n) is 13.6. The highest BCUT2D eigenvalue weighted by Crippen LogP contribution is 2.34. The van der Waals surface area contributed by atoms with Crippen molar-refractivity contribution >= 4 is 5.82 Å². The maximum atomic E-state index is 4.92. The average molecular weight is 303 g/mol. The van der Waals surface area contributed by atoms with Gasteiger partial charge in [-0.1, -0.05) is 42.8 Å². The number of benzene rings is 2. The number of hydrogen-bond acceptors (Lipinski definition) is 2. The molecule has 2 aromatic carbocycles. The zero-order valence-corrected chi connectivity index (χ0v) is 13.6. The molecule has 2 heterocycles. The molecule has 3 nitrogen and oxygen atoms in total. The molecule has 0 fully saturated rings. The number of anilines is 1. The Balaban J connectivity index is 1.84. The summed E-state index contributed by atoms with van der Waals surface area (Å²) in [5, 5.41) is 8.42. The summed E-state index contributed by atoms with van der Waals surface area (Å²) in [7, 11) is 0. The molecule has 116 valence electrons. The summed E-state index contributed by atoms with van der Waals surface area (Å²) in [5.41, 5.74) is 7.37. The van der Waals surface area contributed by atoms with E-state index >= 15 is 0 Å². The van der Waals surface area contributed by atoms with Gasteiger partial charge in [0.25, 0.3) is 0 Å². The topological polar surface area (TPSA) is 29.9 Å². The van der Waals surface area contributed by atoms with Crippen LogP contribution in [0.3, 0.4) is 0 Å². The molecule has 0 radical (unpaired) electrons. The fourth-order valence-corrected chi connectivity index (χ4v) is 3.26. The molecule has 0 atom stereocenters. The SMILES string of the molecule is CCc1ccc(-n2nc(-c3cccc(C)c3)c3c2NCC3)cc1. The summed E-state index contributed by atoms with van der Waals surface area (Å²) < 4.78 is 2.05. The maximum absolute atomic E-state index is 4.92. The van der Waals surface area contributed by atoms with Gasteiger partial charge < -0.3 is 5.32 Å². The number of aryl methyl sites for hydroxylation is 2. The lowest BCUT2D eigenvalue weighted by Gasteiger charge is -2.07. The number of aromatic nitrogens is 2. The van der Waals surface area contributed by atoms with Crippen molar-refractivity contribution < 1.29 is 0 Å². The molecule has 0 saturated carbocycles. The minimum Gasteiger partial charge on any atom is -0.369 e. The van der Waals surface area contributed by atoms with Crippen LogP contribution in [0.25, 0.3) is 16.9 Å². The lowest BCUT2D eigenvalue weighted by Crippen LogP contribution is -2.04. The second kappa shape index (κ2) is 5.58. The van der Waals surface area contributed by atoms with E-state index in [0.717, 1.165) is 36.6 Å². The van der Waals surface area contributed by atoms with Gasteiger partial charge in [0.2, 0.25) is 0 Å². The summed E-state index contributed by atoms with van der Waals surface area (Å²) in [6.07, 6.45) is 2.09. The van der Waals surface area contributed by atoms with Gasteiger partial charge in [0.15, 0.2) is 0 Å². The molecule has 0 spiro atoms. The number of fused-ring (bicyclic) bond motifs is 1. The molecule has 1 N–H and O–H groups in total. The van der Waals surface area contributed by atoms with Crippen LogP contribution < -0.4 is 5.32 Å². The Kier molecular flexibility index (Phi) is 3.41. The highest BCUT2D eigenvalue weighted by Gasteiger charge is 2.23. The Bertz CT molecular complexity index is 844. The van der Waals surface area contributed by atoms with Gasteiger partial charge >= 0.3 is 0 Å². The van der Waals surface area contributed by atoms with E-state index in [1.54, 1.807) is 0 Å². The van der Waals surface area contributed by atoms with Crippen LogP contribution in [0.2, 0.25) is 0 Å². The predicted octanol–water partition coefficient (Wildman–Crippen LogP) is 4.38. The molecule has 0 bridgehead atoms. The van der Waals surface area contributed by atoms with Crippen LogP contribution in [0.15, 0.2) is 48.5 Å². The predicted molar refractivity (Wildman–Crippen MR) is 95.3 cm³/mol. The minimum absolute atomic E-state index is 0.985. The standard InChI is InChI=1S/C20H21N3/c1-3-15-7-9-17(10-8-15)23-20-18(11-12-21-20)19(22-23)16-6-4-5-14(2)13-16/h4-10,13,21H,3,11-12H2,1-2H3. The number of nitrogens with zero attached hydrogens (tertiary/aromatic N) is 2. The van der Waals surface area contributed by atoms with Gasteiger partial charge in [0.05, 0.1) is 11.4 Å². The van der Waals surface area contributed by atoms with Crippen LogP contribution in [0.5, 0.6) is 0 Å². The van der Waals surface area contributed by atoms with Crippen LogP contribution in [0, 0.1) is 6.92 Å². The van der Waals surface area contributed by atoms with Gasteiger partial charge in [-0.2, -0.15) is 5.10 Å². The summed E-state index contributed by atoms with van der Waals surface area (Å²) in [5.74, 6) is 1.14. The molecule has 0 amide bonds. The van der Waals surface area contributed by atoms with E-state index in [2.05, 4.69) is 72.4 Å². The third-order valence-corrected chi connectivity index (χ3v) is 4.53. The largest absolute Gasteiger partial charge is 0.369 e. The normalized spacial score (nSPS) is 13.0. The van der Waals surface area contributed by atoms with Gasteiger partial charge in [-0.15, -0.1) is 0 Å². The van der Waals surface area contributed by atoms with E-state index in [0.29, 0.717) is 0 Å². The van der Waals surface area contributed by atoms with Gasteiger partial charge in [-0.25, -0.2) is 4.68 Å². The van der Waals surface area contributed by atoms with Crippen LogP contribution in [-0.4, -0.2) is 16.3 Å². The first-order valence-electron chi connectivity index (χ1n) is 8.28. The third-order valence-electron chi connectivity index (χ3n) is 4.53. The van der Waals surface area contributed by atoms with Crippen molar-refractivity contribution in [3.63, 3.8) is 0 Å². The van der Waals surface area contributed by atoms with E-state index in [4.69, 9.17) is 5.10 Å². The number of hydrogen-bond donors (Lipinski definition) is 1. The second-order valence-electron chi connectivity index (χ2n) is 6.15. The first-order chi connectivity index (χ1) is 11.3. The van der Waals surface area contributed by atoms with Crippen LogP contribution in [0.1, 0.15) is 23.6 Å². The Morgan fingerprint density at radius 3 is 2.70 bits per heavy atom. The summed E-state index contributed by atoms with van der Waals surface area (Å²) in [4.78, 5) is 0. The first kappa shape index (κ1) is 14.1. The molecule has 1 aliphatic rings. The van der Waals surface area contributed by atoms with Crippen molar-refractivity contribution in [1.82, 2.24) is 9.78 Å². The fourth-order valence-electron chi connectivity index (χ4n) is 3.26. The lowest BCUT2D eigenvalue weighted by molar-refractivity contribution is 0.881. The fraction of sp³-hybridized carbons (Fsp3) is 0.250. The van der Waals surface area contributed by atoms with Crippen molar-refractivity contribution in [2.75, 3.05) is 11.9 Å². The molecule has 1 aromatic heterocycles. The van der Waals surface area contributed by atoms with E-state index in [1.165, 1.54) is 22.3 Å². The monoisotopic (exact) mass is 303 g/mol. The molecule has 23 heavy (non-hydrogen) atoms. The van der Waals surface area contributed by atoms with Gasteiger partial charge in [-0.3, -0.25) is 0 Å². The number of nitrogens with one attached hydrogen (secondary N) is 1. The summed E-state index contributed by atoms with van der Waals surface area (Å²) in [6.45, 7) is 5.29. The summed E-state index contributed by atoms with van der Waals surface area (Å²) >= 11 is 0. The van der Waals surface area contributed by atoms with E-state index in [1.807, 2.05) is 0 Å². The average Bonchev–Trinajstić information content (AvgIpc) is 3.17. The van der Waals surface area contributed by atoms with Gasteiger partial charge in [-0.05, 0) is 43.5 Å².